The molecule has 0 saturated heterocycles. The van der Waals surface area contributed by atoms with Gasteiger partial charge in [-0.1, -0.05) is 53.2 Å². The van der Waals surface area contributed by atoms with Crippen molar-refractivity contribution >= 4 is 33.7 Å². The van der Waals surface area contributed by atoms with Gasteiger partial charge in [0.25, 0.3) is 0 Å². The SMILES string of the molecule is CC1SC(CC[C@H](O)/C=C/C2CCC(O)[C@@H]2C/C=C\CCCC(=O)O)=CC1Br. The molecule has 0 radical (unpaired) electrons. The lowest BCUT2D eigenvalue weighted by Crippen LogP contribution is -2.17. The fourth-order valence-electron chi connectivity index (χ4n) is 3.85. The summed E-state index contributed by atoms with van der Waals surface area (Å²) in [6, 6.07) is 0. The van der Waals surface area contributed by atoms with Crippen LogP contribution < -0.4 is 0 Å². The lowest BCUT2D eigenvalue weighted by atomic mass is 9.90. The average molecular weight is 473 g/mol. The summed E-state index contributed by atoms with van der Waals surface area (Å²) in [7, 11) is 0. The molecule has 4 unspecified atom stereocenters. The summed E-state index contributed by atoms with van der Waals surface area (Å²) >= 11 is 5.53. The van der Waals surface area contributed by atoms with E-state index in [4.69, 9.17) is 5.11 Å². The molecular weight excluding hydrogens is 440 g/mol. The molecule has 1 fully saturated rings. The van der Waals surface area contributed by atoms with E-state index in [1.807, 2.05) is 23.9 Å². The number of rotatable bonds is 11. The largest absolute Gasteiger partial charge is 0.481 e. The van der Waals surface area contributed by atoms with Crippen molar-refractivity contribution in [3.05, 3.63) is 35.3 Å². The molecule has 1 heterocycles. The van der Waals surface area contributed by atoms with Gasteiger partial charge in [0.2, 0.25) is 0 Å². The van der Waals surface area contributed by atoms with E-state index in [2.05, 4.69) is 41.1 Å². The summed E-state index contributed by atoms with van der Waals surface area (Å²) in [6.45, 7) is 2.20. The van der Waals surface area contributed by atoms with E-state index in [-0.39, 0.29) is 18.4 Å². The van der Waals surface area contributed by atoms with Crippen molar-refractivity contribution in [1.29, 1.82) is 0 Å². The third-order valence-electron chi connectivity index (χ3n) is 5.57. The number of hydrogen-bond acceptors (Lipinski definition) is 4. The second-order valence-electron chi connectivity index (χ2n) is 7.86. The second-order valence-corrected chi connectivity index (χ2v) is 10.4. The highest BCUT2D eigenvalue weighted by molar-refractivity contribution is 9.09. The van der Waals surface area contributed by atoms with Crippen molar-refractivity contribution in [2.45, 2.75) is 80.6 Å². The van der Waals surface area contributed by atoms with Crippen molar-refractivity contribution in [2.24, 2.45) is 11.8 Å². The zero-order valence-electron chi connectivity index (χ0n) is 16.5. The van der Waals surface area contributed by atoms with Crippen LogP contribution in [-0.2, 0) is 4.79 Å². The van der Waals surface area contributed by atoms with Gasteiger partial charge in [-0.25, -0.2) is 0 Å². The molecule has 6 heteroatoms. The monoisotopic (exact) mass is 472 g/mol. The van der Waals surface area contributed by atoms with E-state index >= 15 is 0 Å². The van der Waals surface area contributed by atoms with Gasteiger partial charge >= 0.3 is 5.97 Å². The Balaban J connectivity index is 1.73. The van der Waals surface area contributed by atoms with Crippen molar-refractivity contribution in [3.63, 3.8) is 0 Å². The third kappa shape index (κ3) is 8.05. The van der Waals surface area contributed by atoms with Gasteiger partial charge in [0.1, 0.15) is 0 Å². The molecular formula is C22H33BrO4S. The Bertz CT molecular complexity index is 589. The van der Waals surface area contributed by atoms with E-state index in [1.165, 1.54) is 4.91 Å². The minimum Gasteiger partial charge on any atom is -0.481 e. The number of unbranched alkanes of at least 4 members (excludes halogenated alkanes) is 1. The lowest BCUT2D eigenvalue weighted by molar-refractivity contribution is -0.137. The smallest absolute Gasteiger partial charge is 0.303 e. The normalized spacial score (nSPS) is 31.7. The number of aliphatic hydroxyl groups excluding tert-OH is 2. The van der Waals surface area contributed by atoms with Crippen LogP contribution in [0, 0.1) is 11.8 Å². The molecule has 0 aromatic rings. The number of halogens is 1. The van der Waals surface area contributed by atoms with E-state index in [0.717, 1.165) is 38.5 Å². The maximum Gasteiger partial charge on any atom is 0.303 e. The number of allylic oxidation sites excluding steroid dienone is 5. The molecule has 1 aliphatic carbocycles. The Morgan fingerprint density at radius 2 is 2.18 bits per heavy atom. The summed E-state index contributed by atoms with van der Waals surface area (Å²) in [5.41, 5.74) is 0. The summed E-state index contributed by atoms with van der Waals surface area (Å²) in [4.78, 5) is 12.3. The van der Waals surface area contributed by atoms with Crippen LogP contribution in [0.3, 0.4) is 0 Å². The summed E-state index contributed by atoms with van der Waals surface area (Å²) in [5.74, 6) is -0.282. The standard InChI is InChI=1S/C22H33BrO4S/c1-15-20(23)14-18(28-15)12-11-17(24)10-8-16-9-13-21(25)19(16)6-4-2-3-5-7-22(26)27/h2,4,8,10,14-17,19-21,24-25H,3,5-7,9,11-13H2,1H3,(H,26,27)/b4-2-,10-8+/t15?,16?,17-,19-,20?,21?/m1/s1. The highest BCUT2D eigenvalue weighted by Crippen LogP contribution is 2.39. The molecule has 4 nitrogen and oxygen atoms in total. The predicted molar refractivity (Wildman–Crippen MR) is 120 cm³/mol. The van der Waals surface area contributed by atoms with E-state index in [0.29, 0.717) is 22.4 Å². The van der Waals surface area contributed by atoms with Crippen molar-refractivity contribution in [2.75, 3.05) is 0 Å². The number of alkyl halides is 1. The Morgan fingerprint density at radius 1 is 1.39 bits per heavy atom. The number of carbonyl (C=O) groups is 1. The van der Waals surface area contributed by atoms with Crippen molar-refractivity contribution in [1.82, 2.24) is 0 Å². The number of hydrogen-bond donors (Lipinski definition) is 3. The molecule has 0 amide bonds. The summed E-state index contributed by atoms with van der Waals surface area (Å²) in [5, 5.41) is 29.8. The quantitative estimate of drug-likeness (QED) is 0.222. The Kier molecular flexibility index (Phi) is 10.3. The van der Waals surface area contributed by atoms with Gasteiger partial charge in [0, 0.05) is 16.5 Å². The molecule has 0 bridgehead atoms. The Labute approximate surface area is 181 Å². The topological polar surface area (TPSA) is 77.8 Å². The molecule has 0 spiro atoms. The van der Waals surface area contributed by atoms with Gasteiger partial charge in [-0.15, -0.1) is 11.8 Å². The fraction of sp³-hybridized carbons (Fsp3) is 0.682. The first-order valence-corrected chi connectivity index (χ1v) is 12.1. The highest BCUT2D eigenvalue weighted by Gasteiger charge is 2.32. The molecule has 28 heavy (non-hydrogen) atoms. The fourth-order valence-corrected chi connectivity index (χ4v) is 5.81. The van der Waals surface area contributed by atoms with E-state index in [9.17, 15) is 15.0 Å². The summed E-state index contributed by atoms with van der Waals surface area (Å²) < 4.78 is 0. The van der Waals surface area contributed by atoms with Crippen LogP contribution in [0.5, 0.6) is 0 Å². The number of aliphatic hydroxyl groups is 2. The molecule has 0 aromatic carbocycles. The minimum absolute atomic E-state index is 0.183. The maximum atomic E-state index is 10.5. The molecule has 158 valence electrons. The first-order valence-electron chi connectivity index (χ1n) is 10.3. The van der Waals surface area contributed by atoms with Crippen molar-refractivity contribution < 1.29 is 20.1 Å². The Hall–Kier alpha value is -0.560. The molecule has 2 rings (SSSR count). The summed E-state index contributed by atoms with van der Waals surface area (Å²) in [6.07, 6.45) is 15.4. The van der Waals surface area contributed by atoms with Gasteiger partial charge in [-0.2, -0.15) is 0 Å². The number of thioether (sulfide) groups is 1. The van der Waals surface area contributed by atoms with E-state index in [1.54, 1.807) is 0 Å². The number of aliphatic carboxylic acids is 1. The van der Waals surface area contributed by atoms with Gasteiger partial charge in [-0.05, 0) is 61.7 Å². The Morgan fingerprint density at radius 3 is 2.86 bits per heavy atom. The zero-order chi connectivity index (χ0) is 20.5. The second kappa shape index (κ2) is 12.2. The van der Waals surface area contributed by atoms with Crippen LogP contribution in [0.25, 0.3) is 0 Å². The van der Waals surface area contributed by atoms with Crippen LogP contribution in [0.4, 0.5) is 0 Å². The number of carboxylic acids is 1. The number of carboxylic acid groups (broad SMARTS) is 1. The minimum atomic E-state index is -0.757. The molecule has 1 saturated carbocycles. The van der Waals surface area contributed by atoms with Gasteiger partial charge in [-0.3, -0.25) is 4.79 Å². The molecule has 0 aromatic heterocycles. The predicted octanol–water partition coefficient (Wildman–Crippen LogP) is 5.05. The first kappa shape index (κ1) is 23.7. The molecule has 3 N–H and O–H groups in total. The van der Waals surface area contributed by atoms with Crippen LogP contribution in [0.15, 0.2) is 35.3 Å². The lowest BCUT2D eigenvalue weighted by Gasteiger charge is -2.18. The van der Waals surface area contributed by atoms with Gasteiger partial charge < -0.3 is 15.3 Å². The average Bonchev–Trinajstić information content (AvgIpc) is 3.16. The molecule has 1 aliphatic heterocycles. The van der Waals surface area contributed by atoms with Crippen LogP contribution in [-0.4, -0.2) is 43.6 Å². The van der Waals surface area contributed by atoms with Crippen LogP contribution in [0.1, 0.15) is 58.3 Å². The van der Waals surface area contributed by atoms with E-state index < -0.39 is 12.1 Å². The van der Waals surface area contributed by atoms with Gasteiger partial charge in [0.05, 0.1) is 12.2 Å². The zero-order valence-corrected chi connectivity index (χ0v) is 18.9. The van der Waals surface area contributed by atoms with Gasteiger partial charge in [0.15, 0.2) is 0 Å². The third-order valence-corrected chi connectivity index (χ3v) is 8.29. The first-order chi connectivity index (χ1) is 13.4. The maximum absolute atomic E-state index is 10.5. The van der Waals surface area contributed by atoms with Crippen molar-refractivity contribution in [3.8, 4) is 0 Å². The van der Waals surface area contributed by atoms with Crippen LogP contribution in [0.2, 0.25) is 0 Å². The molecule has 6 atom stereocenters. The highest BCUT2D eigenvalue weighted by atomic mass is 79.9. The van der Waals surface area contributed by atoms with Crippen LogP contribution >= 0.6 is 27.7 Å². The molecule has 2 aliphatic rings.